The molecule has 6 nitrogen and oxygen atoms in total. The molecule has 0 radical (unpaired) electrons. The van der Waals surface area contributed by atoms with E-state index in [2.05, 4.69) is 0 Å². The number of aryl methyl sites for hydroxylation is 1. The fourth-order valence-electron chi connectivity index (χ4n) is 3.91. The van der Waals surface area contributed by atoms with Crippen LogP contribution in [0.2, 0.25) is 0 Å². The molecule has 1 aliphatic heterocycles. The van der Waals surface area contributed by atoms with Gasteiger partial charge in [0.15, 0.2) is 0 Å². The van der Waals surface area contributed by atoms with Crippen LogP contribution in [0.4, 0.5) is 10.1 Å². The number of halogens is 1. The lowest BCUT2D eigenvalue weighted by Crippen LogP contribution is -2.22. The van der Waals surface area contributed by atoms with Crippen molar-refractivity contribution in [3.05, 3.63) is 58.6 Å². The molecule has 0 amide bonds. The van der Waals surface area contributed by atoms with E-state index in [4.69, 9.17) is 4.74 Å². The van der Waals surface area contributed by atoms with Crippen LogP contribution in [0.1, 0.15) is 19.8 Å². The van der Waals surface area contributed by atoms with Crippen molar-refractivity contribution in [2.24, 2.45) is 0 Å². The highest BCUT2D eigenvalue weighted by Gasteiger charge is 2.25. The Kier molecular flexibility index (Phi) is 5.27. The third-order valence-corrected chi connectivity index (χ3v) is 7.33. The molecule has 2 heterocycles. The number of aromatic nitrogens is 1. The van der Waals surface area contributed by atoms with Gasteiger partial charge in [0.05, 0.1) is 28.6 Å². The van der Waals surface area contributed by atoms with Crippen LogP contribution in [0.5, 0.6) is 5.75 Å². The van der Waals surface area contributed by atoms with Gasteiger partial charge in [-0.3, -0.25) is 4.79 Å². The van der Waals surface area contributed by atoms with E-state index in [0.717, 1.165) is 25.9 Å². The zero-order chi connectivity index (χ0) is 21.5. The molecule has 158 valence electrons. The molecule has 0 bridgehead atoms. The van der Waals surface area contributed by atoms with Crippen molar-refractivity contribution in [2.45, 2.75) is 36.1 Å². The van der Waals surface area contributed by atoms with E-state index in [1.54, 1.807) is 10.6 Å². The fraction of sp³-hybridized carbons (Fsp3) is 0.318. The molecule has 8 heteroatoms. The van der Waals surface area contributed by atoms with Crippen LogP contribution in [0, 0.1) is 5.82 Å². The van der Waals surface area contributed by atoms with Crippen molar-refractivity contribution >= 4 is 26.4 Å². The van der Waals surface area contributed by atoms with Gasteiger partial charge in [-0.1, -0.05) is 0 Å². The van der Waals surface area contributed by atoms with E-state index >= 15 is 0 Å². The lowest BCUT2D eigenvalue weighted by atomic mass is 10.1. The Morgan fingerprint density at radius 1 is 1.10 bits per heavy atom. The monoisotopic (exact) mass is 430 g/mol. The molecule has 1 aromatic heterocycles. The van der Waals surface area contributed by atoms with E-state index < -0.39 is 21.1 Å². The molecular weight excluding hydrogens is 407 g/mol. The molecule has 0 N–H and O–H groups in total. The maximum Gasteiger partial charge on any atom is 0.211 e. The van der Waals surface area contributed by atoms with Crippen LogP contribution in [0.3, 0.4) is 0 Å². The average Bonchev–Trinajstić information content (AvgIpc) is 3.28. The molecule has 0 atom stereocenters. The average molecular weight is 431 g/mol. The summed E-state index contributed by atoms with van der Waals surface area (Å²) in [6, 6.07) is 8.66. The Labute approximate surface area is 174 Å². The minimum absolute atomic E-state index is 0.0171. The van der Waals surface area contributed by atoms with Crippen molar-refractivity contribution in [1.29, 1.82) is 0 Å². The summed E-state index contributed by atoms with van der Waals surface area (Å²) in [6.45, 7) is 3.82. The maximum atomic E-state index is 14.9. The minimum Gasteiger partial charge on any atom is -0.497 e. The summed E-state index contributed by atoms with van der Waals surface area (Å²) >= 11 is 0. The third kappa shape index (κ3) is 3.35. The number of methoxy groups -OCH3 is 1. The molecule has 2 aromatic carbocycles. The quantitative estimate of drug-likeness (QED) is 0.619. The first-order valence-electron chi connectivity index (χ1n) is 9.87. The number of hydrogen-bond acceptors (Lipinski definition) is 5. The number of nitrogens with zero attached hydrogens (tertiary/aromatic N) is 2. The summed E-state index contributed by atoms with van der Waals surface area (Å²) in [4.78, 5) is 14.7. The number of anilines is 1. The molecule has 1 fully saturated rings. The van der Waals surface area contributed by atoms with Crippen LogP contribution in [0.15, 0.2) is 57.2 Å². The van der Waals surface area contributed by atoms with Gasteiger partial charge in [-0.05, 0) is 56.2 Å². The van der Waals surface area contributed by atoms with Gasteiger partial charge in [-0.25, -0.2) is 12.8 Å². The molecule has 3 aromatic rings. The van der Waals surface area contributed by atoms with Crippen molar-refractivity contribution in [3.63, 3.8) is 0 Å². The molecule has 1 saturated heterocycles. The lowest BCUT2D eigenvalue weighted by Gasteiger charge is -2.20. The largest absolute Gasteiger partial charge is 0.497 e. The molecular formula is C22H23FN2O4S. The lowest BCUT2D eigenvalue weighted by molar-refractivity contribution is 0.414. The first-order valence-corrected chi connectivity index (χ1v) is 11.4. The standard InChI is InChI=1S/C22H23FN2O4S/c1-3-24-14-21(30(27,28)16-8-6-15(29-2)7-9-16)22(26)17-12-18(23)20(13-19(17)24)25-10-4-5-11-25/h6-9,12-14H,3-5,10-11H2,1-2H3. The number of sulfone groups is 1. The molecule has 0 aliphatic carbocycles. The van der Waals surface area contributed by atoms with Crippen LogP contribution in [0.25, 0.3) is 10.9 Å². The maximum absolute atomic E-state index is 14.9. The second-order valence-corrected chi connectivity index (χ2v) is 9.22. The molecule has 0 spiro atoms. The second-order valence-electron chi connectivity index (χ2n) is 7.30. The second kappa shape index (κ2) is 7.75. The number of benzene rings is 2. The van der Waals surface area contributed by atoms with Gasteiger partial charge in [-0.15, -0.1) is 0 Å². The molecule has 0 unspecified atom stereocenters. The molecule has 1 aliphatic rings. The Morgan fingerprint density at radius 3 is 2.37 bits per heavy atom. The number of rotatable bonds is 5. The normalized spacial score (nSPS) is 14.4. The SMILES string of the molecule is CCn1cc(S(=O)(=O)c2ccc(OC)cc2)c(=O)c2cc(F)c(N3CCCC3)cc21. The molecule has 4 rings (SSSR count). The molecule has 30 heavy (non-hydrogen) atoms. The smallest absolute Gasteiger partial charge is 0.211 e. The van der Waals surface area contributed by atoms with E-state index in [1.165, 1.54) is 43.6 Å². The summed E-state index contributed by atoms with van der Waals surface area (Å²) in [5.74, 6) is -0.00177. The first kappa shape index (κ1) is 20.4. The number of hydrogen-bond donors (Lipinski definition) is 0. The van der Waals surface area contributed by atoms with Crippen LogP contribution >= 0.6 is 0 Å². The Bertz CT molecular complexity index is 1260. The Balaban J connectivity index is 1.92. The highest BCUT2D eigenvalue weighted by molar-refractivity contribution is 7.91. The van der Waals surface area contributed by atoms with Gasteiger partial charge >= 0.3 is 0 Å². The van der Waals surface area contributed by atoms with Gasteiger partial charge in [-0.2, -0.15) is 0 Å². The summed E-state index contributed by atoms with van der Waals surface area (Å²) in [5.41, 5.74) is 0.282. The van der Waals surface area contributed by atoms with Gasteiger partial charge in [0.25, 0.3) is 0 Å². The van der Waals surface area contributed by atoms with Crippen LogP contribution < -0.4 is 15.1 Å². The van der Waals surface area contributed by atoms with Crippen molar-refractivity contribution in [1.82, 2.24) is 4.57 Å². The van der Waals surface area contributed by atoms with E-state index in [1.807, 2.05) is 11.8 Å². The third-order valence-electron chi connectivity index (χ3n) is 5.56. The zero-order valence-electron chi connectivity index (χ0n) is 16.9. The van der Waals surface area contributed by atoms with Crippen molar-refractivity contribution < 1.29 is 17.5 Å². The highest BCUT2D eigenvalue weighted by Crippen LogP contribution is 2.29. The topological polar surface area (TPSA) is 68.6 Å². The number of ether oxygens (including phenoxy) is 1. The predicted octanol–water partition coefficient (Wildman–Crippen LogP) is 3.60. The van der Waals surface area contributed by atoms with Gasteiger partial charge in [0, 0.05) is 25.8 Å². The van der Waals surface area contributed by atoms with E-state index in [-0.39, 0.29) is 15.2 Å². The highest BCUT2D eigenvalue weighted by atomic mass is 32.2. The predicted molar refractivity (Wildman–Crippen MR) is 114 cm³/mol. The Morgan fingerprint density at radius 2 is 1.77 bits per heavy atom. The first-order chi connectivity index (χ1) is 14.4. The number of fused-ring (bicyclic) bond motifs is 1. The van der Waals surface area contributed by atoms with Gasteiger partial charge in [0.2, 0.25) is 15.3 Å². The van der Waals surface area contributed by atoms with E-state index in [0.29, 0.717) is 23.5 Å². The van der Waals surface area contributed by atoms with E-state index in [9.17, 15) is 17.6 Å². The van der Waals surface area contributed by atoms with Crippen LogP contribution in [-0.4, -0.2) is 33.2 Å². The Hall–Kier alpha value is -2.87. The summed E-state index contributed by atoms with van der Waals surface area (Å²) in [6.07, 6.45) is 3.35. The summed E-state index contributed by atoms with van der Waals surface area (Å²) < 4.78 is 48.0. The van der Waals surface area contributed by atoms with Gasteiger partial charge < -0.3 is 14.2 Å². The van der Waals surface area contributed by atoms with Gasteiger partial charge in [0.1, 0.15) is 16.5 Å². The minimum atomic E-state index is -4.08. The zero-order valence-corrected chi connectivity index (χ0v) is 17.7. The van der Waals surface area contributed by atoms with Crippen molar-refractivity contribution in [3.8, 4) is 5.75 Å². The molecule has 0 saturated carbocycles. The fourth-order valence-corrected chi connectivity index (χ4v) is 5.28. The number of pyridine rings is 1. The summed E-state index contributed by atoms with van der Waals surface area (Å²) in [7, 11) is -2.60. The van der Waals surface area contributed by atoms with Crippen LogP contribution in [-0.2, 0) is 16.4 Å². The van der Waals surface area contributed by atoms with Crippen molar-refractivity contribution in [2.75, 3.05) is 25.1 Å². The summed E-state index contributed by atoms with van der Waals surface area (Å²) in [5, 5.41) is 0.0619.